The number of amides is 2. The number of hydrogen-bond acceptors (Lipinski definition) is 6. The van der Waals surface area contributed by atoms with Crippen LogP contribution in [0.1, 0.15) is 11.1 Å². The van der Waals surface area contributed by atoms with Crippen molar-refractivity contribution >= 4 is 44.9 Å². The second-order valence-electron chi connectivity index (χ2n) is 7.00. The van der Waals surface area contributed by atoms with Crippen molar-refractivity contribution in [2.45, 2.75) is 12.1 Å². The number of nitrogens with zero attached hydrogens (tertiary/aromatic N) is 4. The smallest absolute Gasteiger partial charge is 0.293 e. The molecule has 164 valence electrons. The molecule has 0 aliphatic carbocycles. The van der Waals surface area contributed by atoms with Gasteiger partial charge in [0, 0.05) is 16.1 Å². The van der Waals surface area contributed by atoms with Gasteiger partial charge < -0.3 is 5.11 Å². The largest absolute Gasteiger partial charge is 0.381 e. The average molecular weight is 521 g/mol. The van der Waals surface area contributed by atoms with Crippen LogP contribution in [0.5, 0.6) is 0 Å². The Balaban J connectivity index is 1.68. The number of aliphatic hydroxyl groups is 1. The SMILES string of the molecule is O=C1S/C(=C\c2ccccc2Br)C(=O)N1CC(O)(Cn1nccn1)c1ccc(F)cc1F. The standard InChI is InChI=1S/C21H15BrF2N4O3S/c22-16-4-2-1-3-13(16)9-18-19(29)27(20(30)32-18)11-21(31,12-28-25-7-8-26-28)15-6-5-14(23)10-17(15)24/h1-10,31H,11-12H2/b18-9-. The second-order valence-corrected chi connectivity index (χ2v) is 8.85. The van der Waals surface area contributed by atoms with Crippen LogP contribution in [0.3, 0.4) is 0 Å². The van der Waals surface area contributed by atoms with E-state index in [0.717, 1.165) is 26.3 Å². The van der Waals surface area contributed by atoms with Gasteiger partial charge in [0.1, 0.15) is 17.2 Å². The van der Waals surface area contributed by atoms with Gasteiger partial charge in [-0.15, -0.1) is 0 Å². The van der Waals surface area contributed by atoms with Crippen LogP contribution in [-0.2, 0) is 16.9 Å². The Morgan fingerprint density at radius 2 is 1.81 bits per heavy atom. The summed E-state index contributed by atoms with van der Waals surface area (Å²) in [5.74, 6) is -2.48. The van der Waals surface area contributed by atoms with E-state index in [1.807, 2.05) is 6.07 Å². The normalized spacial score (nSPS) is 17.2. The lowest BCUT2D eigenvalue weighted by molar-refractivity contribution is -0.126. The van der Waals surface area contributed by atoms with Gasteiger partial charge in [0.05, 0.1) is 30.4 Å². The summed E-state index contributed by atoms with van der Waals surface area (Å²) in [4.78, 5) is 27.7. The van der Waals surface area contributed by atoms with Crippen LogP contribution in [0.2, 0.25) is 0 Å². The molecule has 2 amide bonds. The van der Waals surface area contributed by atoms with Crippen molar-refractivity contribution in [1.82, 2.24) is 19.9 Å². The third-order valence-corrected chi connectivity index (χ3v) is 6.42. The molecule has 1 N–H and O–H groups in total. The molecule has 0 spiro atoms. The van der Waals surface area contributed by atoms with Gasteiger partial charge in [0.15, 0.2) is 0 Å². The zero-order chi connectivity index (χ0) is 22.9. The minimum absolute atomic E-state index is 0.154. The van der Waals surface area contributed by atoms with Gasteiger partial charge >= 0.3 is 0 Å². The summed E-state index contributed by atoms with van der Waals surface area (Å²) >= 11 is 4.10. The highest BCUT2D eigenvalue weighted by atomic mass is 79.9. The lowest BCUT2D eigenvalue weighted by Gasteiger charge is -2.31. The van der Waals surface area contributed by atoms with Crippen molar-refractivity contribution in [3.63, 3.8) is 0 Å². The van der Waals surface area contributed by atoms with Crippen molar-refractivity contribution < 1.29 is 23.5 Å². The summed E-state index contributed by atoms with van der Waals surface area (Å²) in [6, 6.07) is 9.85. The van der Waals surface area contributed by atoms with Gasteiger partial charge in [-0.1, -0.05) is 40.2 Å². The Morgan fingerprint density at radius 1 is 1.09 bits per heavy atom. The van der Waals surface area contributed by atoms with Gasteiger partial charge in [-0.3, -0.25) is 14.5 Å². The van der Waals surface area contributed by atoms with E-state index in [1.54, 1.807) is 24.3 Å². The molecule has 1 fully saturated rings. The fourth-order valence-electron chi connectivity index (χ4n) is 3.28. The summed E-state index contributed by atoms with van der Waals surface area (Å²) < 4.78 is 28.8. The fourth-order valence-corrected chi connectivity index (χ4v) is 4.51. The number of carbonyl (C=O) groups excluding carboxylic acids is 2. The number of β-amino-alcohol motifs (C(OH)–C–C–N with tert-alkyl or cyclic N) is 1. The summed E-state index contributed by atoms with van der Waals surface area (Å²) in [5.41, 5.74) is -1.70. The molecule has 11 heteroatoms. The Kier molecular flexibility index (Phi) is 6.22. The molecule has 1 unspecified atom stereocenters. The molecule has 32 heavy (non-hydrogen) atoms. The first-order valence-corrected chi connectivity index (χ1v) is 10.9. The number of benzene rings is 2. The van der Waals surface area contributed by atoms with Crippen LogP contribution < -0.4 is 0 Å². The quantitative estimate of drug-likeness (QED) is 0.495. The van der Waals surface area contributed by atoms with E-state index >= 15 is 0 Å². The monoisotopic (exact) mass is 520 g/mol. The van der Waals surface area contributed by atoms with Crippen LogP contribution >= 0.6 is 27.7 Å². The molecule has 0 saturated carbocycles. The molecule has 2 aromatic carbocycles. The molecular weight excluding hydrogens is 506 g/mol. The molecule has 1 atom stereocenters. The molecule has 1 aliphatic heterocycles. The molecule has 0 radical (unpaired) electrons. The van der Waals surface area contributed by atoms with Crippen LogP contribution in [0.25, 0.3) is 6.08 Å². The van der Waals surface area contributed by atoms with E-state index in [4.69, 9.17) is 0 Å². The number of halogens is 3. The van der Waals surface area contributed by atoms with Gasteiger partial charge in [-0.25, -0.2) is 8.78 Å². The molecule has 0 bridgehead atoms. The number of hydrogen-bond donors (Lipinski definition) is 1. The molecule has 1 aromatic heterocycles. The van der Waals surface area contributed by atoms with E-state index in [0.29, 0.717) is 23.4 Å². The van der Waals surface area contributed by atoms with E-state index in [-0.39, 0.29) is 17.0 Å². The highest BCUT2D eigenvalue weighted by Crippen LogP contribution is 2.37. The van der Waals surface area contributed by atoms with Crippen molar-refractivity contribution in [2.24, 2.45) is 0 Å². The zero-order valence-corrected chi connectivity index (χ0v) is 18.7. The van der Waals surface area contributed by atoms with Crippen LogP contribution in [-0.4, -0.2) is 42.7 Å². The first-order chi connectivity index (χ1) is 15.3. The van der Waals surface area contributed by atoms with Crippen molar-refractivity contribution in [1.29, 1.82) is 0 Å². The van der Waals surface area contributed by atoms with Crippen LogP contribution in [0.4, 0.5) is 13.6 Å². The Labute approximate surface area is 193 Å². The van der Waals surface area contributed by atoms with Crippen molar-refractivity contribution in [3.8, 4) is 0 Å². The molecule has 7 nitrogen and oxygen atoms in total. The van der Waals surface area contributed by atoms with Gasteiger partial charge in [0.2, 0.25) is 0 Å². The summed E-state index contributed by atoms with van der Waals surface area (Å²) in [5, 5.41) is 18.6. The second kappa shape index (κ2) is 8.93. The maximum atomic E-state index is 14.6. The van der Waals surface area contributed by atoms with E-state index < -0.39 is 34.9 Å². The predicted molar refractivity (Wildman–Crippen MR) is 117 cm³/mol. The number of rotatable bonds is 6. The van der Waals surface area contributed by atoms with Crippen LogP contribution in [0, 0.1) is 11.6 Å². The zero-order valence-electron chi connectivity index (χ0n) is 16.3. The van der Waals surface area contributed by atoms with E-state index in [1.165, 1.54) is 12.4 Å². The molecule has 4 rings (SSSR count). The number of aromatic nitrogens is 3. The number of carbonyl (C=O) groups is 2. The predicted octanol–water partition coefficient (Wildman–Crippen LogP) is 3.94. The molecule has 2 heterocycles. The third-order valence-electron chi connectivity index (χ3n) is 4.79. The third kappa shape index (κ3) is 4.50. The summed E-state index contributed by atoms with van der Waals surface area (Å²) in [6.45, 7) is -0.942. The van der Waals surface area contributed by atoms with E-state index in [2.05, 4.69) is 26.1 Å². The molecular formula is C21H15BrF2N4O3S. The minimum atomic E-state index is -2.11. The maximum Gasteiger partial charge on any atom is 0.293 e. The van der Waals surface area contributed by atoms with Gasteiger partial charge in [0.25, 0.3) is 11.1 Å². The topological polar surface area (TPSA) is 88.3 Å². The fraction of sp³-hybridized carbons (Fsp3) is 0.143. The van der Waals surface area contributed by atoms with Crippen molar-refractivity contribution in [2.75, 3.05) is 6.54 Å². The highest BCUT2D eigenvalue weighted by molar-refractivity contribution is 9.10. The maximum absolute atomic E-state index is 14.6. The molecule has 3 aromatic rings. The van der Waals surface area contributed by atoms with E-state index in [9.17, 15) is 23.5 Å². The first-order valence-electron chi connectivity index (χ1n) is 9.29. The number of imide groups is 1. The minimum Gasteiger partial charge on any atom is -0.381 e. The molecule has 1 aliphatic rings. The lowest BCUT2D eigenvalue weighted by atomic mass is 9.92. The number of thioether (sulfide) groups is 1. The summed E-state index contributed by atoms with van der Waals surface area (Å²) in [6.07, 6.45) is 4.28. The first kappa shape index (κ1) is 22.3. The Hall–Kier alpha value is -2.89. The van der Waals surface area contributed by atoms with Crippen LogP contribution in [0.15, 0.2) is 64.2 Å². The Bertz CT molecular complexity index is 1220. The average Bonchev–Trinajstić information content (AvgIpc) is 3.33. The molecule has 1 saturated heterocycles. The van der Waals surface area contributed by atoms with Crippen molar-refractivity contribution in [3.05, 3.63) is 87.0 Å². The van der Waals surface area contributed by atoms with Gasteiger partial charge in [-0.05, 0) is 35.5 Å². The van der Waals surface area contributed by atoms with Gasteiger partial charge in [-0.2, -0.15) is 15.0 Å². The Morgan fingerprint density at radius 3 is 2.50 bits per heavy atom. The lowest BCUT2D eigenvalue weighted by Crippen LogP contribution is -2.46. The summed E-state index contributed by atoms with van der Waals surface area (Å²) in [7, 11) is 0. The highest BCUT2D eigenvalue weighted by Gasteiger charge is 2.43.